The van der Waals surface area contributed by atoms with Gasteiger partial charge in [0.2, 0.25) is 0 Å². The molecule has 672 valence electrons. The fourth-order valence-corrected chi connectivity index (χ4v) is 15.7. The zero-order valence-electron chi connectivity index (χ0n) is 71.3. The minimum absolute atomic E-state index is 0.00846. The first-order valence-corrected chi connectivity index (χ1v) is 47.2. The first-order chi connectivity index (χ1) is 55.7. The van der Waals surface area contributed by atoms with Crippen LogP contribution in [0.1, 0.15) is 374 Å². The van der Waals surface area contributed by atoms with Crippen molar-refractivity contribution in [1.29, 1.82) is 0 Å². The Kier molecular flexibility index (Phi) is 62.8. The summed E-state index contributed by atoms with van der Waals surface area (Å²) in [4.78, 5) is 66.3. The van der Waals surface area contributed by atoms with Gasteiger partial charge in [0.05, 0.1) is 13.2 Å². The number of rotatable bonds is 73. The number of esters is 4. The summed E-state index contributed by atoms with van der Waals surface area (Å²) in [6, 6.07) is 0. The van der Waals surface area contributed by atoms with Gasteiger partial charge in [-0.25, -0.2) is 4.57 Å². The molecule has 2 saturated heterocycles. The molecule has 0 aromatic carbocycles. The summed E-state index contributed by atoms with van der Waals surface area (Å²) in [6.45, 7) is 5.53. The van der Waals surface area contributed by atoms with Crippen molar-refractivity contribution in [2.75, 3.05) is 26.4 Å². The lowest BCUT2D eigenvalue weighted by Crippen LogP contribution is -2.70. The highest BCUT2D eigenvalue weighted by Crippen LogP contribution is 2.49. The van der Waals surface area contributed by atoms with E-state index in [4.69, 9.17) is 46.9 Å². The van der Waals surface area contributed by atoms with Gasteiger partial charge in [-0.2, -0.15) is 0 Å². The largest absolute Gasteiger partial charge is 0.472 e. The molecule has 3 aliphatic rings. The molecule has 1 aliphatic carbocycles. The summed E-state index contributed by atoms with van der Waals surface area (Å²) in [6.07, 6.45) is 28.7. The van der Waals surface area contributed by atoms with E-state index in [2.05, 4.69) is 64.2 Å². The van der Waals surface area contributed by atoms with Gasteiger partial charge in [-0.3, -0.25) is 28.2 Å². The van der Waals surface area contributed by atoms with Crippen LogP contribution in [-0.4, -0.2) is 205 Å². The summed E-state index contributed by atoms with van der Waals surface area (Å²) in [5.41, 5.74) is 0. The number of phosphoric acid groups is 1. The third-order valence-corrected chi connectivity index (χ3v) is 23.1. The van der Waals surface area contributed by atoms with Crippen molar-refractivity contribution in [3.8, 4) is 0 Å². The lowest BCUT2D eigenvalue weighted by atomic mass is 9.84. The summed E-state index contributed by atoms with van der Waals surface area (Å²) in [7, 11) is -5.81. The normalized spacial score (nSPS) is 25.4. The van der Waals surface area contributed by atoms with E-state index >= 15 is 0 Å². The average Bonchev–Trinajstić information content (AvgIpc) is 0.754. The van der Waals surface area contributed by atoms with Crippen molar-refractivity contribution in [2.45, 2.75) is 479 Å². The minimum Gasteiger partial charge on any atom is -0.463 e. The van der Waals surface area contributed by atoms with Crippen molar-refractivity contribution < 1.29 is 122 Å². The number of hydrogen-bond acceptors (Lipinski definition) is 24. The topological polar surface area (TPSA) is 380 Å². The van der Waals surface area contributed by atoms with E-state index in [1.54, 1.807) is 0 Å². The van der Waals surface area contributed by atoms with Crippen LogP contribution in [-0.2, 0) is 70.7 Å². The molecule has 18 unspecified atom stereocenters. The van der Waals surface area contributed by atoms with Crippen LogP contribution in [0.2, 0.25) is 0 Å². The predicted molar refractivity (Wildman–Crippen MR) is 444 cm³/mol. The van der Waals surface area contributed by atoms with Gasteiger partial charge in [0.25, 0.3) is 0 Å². The molecule has 0 amide bonds. The molecular weight excluding hydrogens is 1500 g/mol. The number of unbranched alkanes of at least 4 members (excludes halogenated alkanes) is 43. The van der Waals surface area contributed by atoms with Crippen LogP contribution in [0.25, 0.3) is 0 Å². The Morgan fingerprint density at radius 1 is 0.339 bits per heavy atom. The van der Waals surface area contributed by atoms with Gasteiger partial charge in [0, 0.05) is 25.7 Å². The van der Waals surface area contributed by atoms with Gasteiger partial charge in [-0.15, -0.1) is 0 Å². The third-order valence-electron chi connectivity index (χ3n) is 22.1. The van der Waals surface area contributed by atoms with Crippen molar-refractivity contribution in [2.24, 2.45) is 0 Å². The highest BCUT2D eigenvalue weighted by atomic mass is 31.2. The molecule has 1 saturated carbocycles. The molecule has 0 spiro atoms. The predicted octanol–water partition coefficient (Wildman–Crippen LogP) is 16.3. The van der Waals surface area contributed by atoms with Crippen molar-refractivity contribution in [1.82, 2.24) is 0 Å². The van der Waals surface area contributed by atoms with Gasteiger partial charge < -0.3 is 88.7 Å². The summed E-state index contributed by atoms with van der Waals surface area (Å²) < 4.78 is 73.3. The van der Waals surface area contributed by atoms with E-state index in [0.717, 1.165) is 135 Å². The molecule has 2 aliphatic heterocycles. The molecular formula is C89H161O25P. The lowest BCUT2D eigenvalue weighted by molar-refractivity contribution is -0.360. The number of carbonyl (C=O) groups is 4. The fraction of sp³-hybridized carbons (Fsp3) is 0.888. The molecule has 26 heteroatoms. The highest BCUT2D eigenvalue weighted by Gasteiger charge is 2.60. The van der Waals surface area contributed by atoms with E-state index in [9.17, 15) is 74.6 Å². The zero-order chi connectivity index (χ0) is 84.0. The Bertz CT molecular complexity index is 2540. The van der Waals surface area contributed by atoms with Gasteiger partial charge in [0.1, 0.15) is 92.6 Å². The Balaban J connectivity index is 1.93. The number of hydrogen-bond donors (Lipinski definition) is 10. The molecule has 25 nitrogen and oxygen atoms in total. The molecule has 2 heterocycles. The van der Waals surface area contributed by atoms with Crippen molar-refractivity contribution in [3.63, 3.8) is 0 Å². The Labute approximate surface area is 691 Å². The number of phosphoric ester groups is 1. The standard InChI is InChI=1S/C89H161O25P/c1-5-9-13-17-21-25-29-33-35-39-42-45-49-53-57-61-72(91)105-66-69(108-74(93)63-59-55-51-47-44-40-36-34-30-26-22-18-14-10-6-2)67-107-115(103,104)114-87-85(112-88-82(101)78(97)76(95)70(65-90)109-88)81(100)80(99)84(111-75(94)64-60-56-52-48-43-38-32-28-24-20-16-12-8-4)86(87)113-89-83(102)79(98)77(96)71(110-89)68-106-73(92)62-58-54-50-46-41-37-31-27-23-19-15-11-7-3/h25,29,37-38,41,43,69-71,76-90,95-102H,5-24,26-28,30-36,39-40,42,44-68H2,1-4H3,(H,103,104)/b29-25-,41-37-,43-38-. The molecule has 18 atom stereocenters. The highest BCUT2D eigenvalue weighted by molar-refractivity contribution is 7.47. The van der Waals surface area contributed by atoms with E-state index in [0.29, 0.717) is 38.5 Å². The Morgan fingerprint density at radius 3 is 1.05 bits per heavy atom. The Morgan fingerprint density at radius 2 is 0.652 bits per heavy atom. The first kappa shape index (κ1) is 106. The fourth-order valence-electron chi connectivity index (χ4n) is 14.8. The monoisotopic (exact) mass is 1660 g/mol. The van der Waals surface area contributed by atoms with E-state index in [-0.39, 0.29) is 32.1 Å². The van der Waals surface area contributed by atoms with E-state index in [1.165, 1.54) is 141 Å². The van der Waals surface area contributed by atoms with Gasteiger partial charge in [-0.05, 0) is 103 Å². The van der Waals surface area contributed by atoms with Crippen LogP contribution in [0.3, 0.4) is 0 Å². The zero-order valence-corrected chi connectivity index (χ0v) is 72.2. The second kappa shape index (κ2) is 68.3. The average molecular weight is 1660 g/mol. The van der Waals surface area contributed by atoms with Gasteiger partial charge in [0.15, 0.2) is 24.8 Å². The van der Waals surface area contributed by atoms with Gasteiger partial charge in [-0.1, -0.05) is 282 Å². The lowest BCUT2D eigenvalue weighted by Gasteiger charge is -2.50. The number of aliphatic hydroxyl groups excluding tert-OH is 9. The molecule has 10 N–H and O–H groups in total. The van der Waals surface area contributed by atoms with E-state index in [1.807, 2.05) is 0 Å². The summed E-state index contributed by atoms with van der Waals surface area (Å²) in [5, 5.41) is 102. The number of allylic oxidation sites excluding steroid dienone is 6. The van der Waals surface area contributed by atoms with Crippen LogP contribution >= 0.6 is 7.82 Å². The summed E-state index contributed by atoms with van der Waals surface area (Å²) >= 11 is 0. The molecule has 115 heavy (non-hydrogen) atoms. The minimum atomic E-state index is -5.81. The number of ether oxygens (including phenoxy) is 8. The maximum atomic E-state index is 14.9. The van der Waals surface area contributed by atoms with Crippen LogP contribution in [0.5, 0.6) is 0 Å². The second-order valence-corrected chi connectivity index (χ2v) is 33.9. The van der Waals surface area contributed by atoms with Crippen LogP contribution in [0, 0.1) is 0 Å². The molecule has 0 aromatic rings. The van der Waals surface area contributed by atoms with Crippen LogP contribution < -0.4 is 0 Å². The second-order valence-electron chi connectivity index (χ2n) is 32.4. The third kappa shape index (κ3) is 48.8. The van der Waals surface area contributed by atoms with Gasteiger partial charge >= 0.3 is 31.7 Å². The quantitative estimate of drug-likeness (QED) is 0.00889. The van der Waals surface area contributed by atoms with E-state index < -0.39 is 162 Å². The van der Waals surface area contributed by atoms with Crippen molar-refractivity contribution >= 4 is 31.7 Å². The van der Waals surface area contributed by atoms with Crippen molar-refractivity contribution in [3.05, 3.63) is 36.5 Å². The SMILES string of the molecule is CCCCCC/C=C\CCCCCCCCCC(=O)OCC(COP(=O)(O)OC1C(OC2OC(CO)C(O)C(O)C2O)C(O)C(O)C(OC(=O)CCCCC/C=C\CCCCCCCC)C1OC1OC(COC(=O)CCCCC/C=C\CCCCCCCC)C(O)C(O)C1O)OC(=O)CCCCCCCCCCCCCCCCC. The molecule has 0 bridgehead atoms. The summed E-state index contributed by atoms with van der Waals surface area (Å²) in [5.74, 6) is -3.01. The van der Waals surface area contributed by atoms with Crippen LogP contribution in [0.15, 0.2) is 36.5 Å². The Hall–Kier alpha value is -3.31. The number of aliphatic hydroxyl groups is 9. The molecule has 0 aromatic heterocycles. The van der Waals surface area contributed by atoms with Crippen LogP contribution in [0.4, 0.5) is 0 Å². The maximum Gasteiger partial charge on any atom is 0.472 e. The smallest absolute Gasteiger partial charge is 0.463 e. The molecule has 0 radical (unpaired) electrons. The molecule has 3 fully saturated rings. The molecule has 3 rings (SSSR count). The number of carbonyl (C=O) groups excluding carboxylic acids is 4. The first-order valence-electron chi connectivity index (χ1n) is 45.7. The maximum absolute atomic E-state index is 14.9.